The van der Waals surface area contributed by atoms with Crippen molar-refractivity contribution < 1.29 is 68.7 Å². The summed E-state index contributed by atoms with van der Waals surface area (Å²) >= 11 is 0. The molecule has 0 aliphatic rings. The number of nitrogens with zero attached hydrogens (tertiary/aromatic N) is 3. The molecule has 0 spiro atoms. The van der Waals surface area contributed by atoms with E-state index in [0.717, 1.165) is 36.5 Å². The maximum Gasteiger partial charge on any atom is 0.419 e. The van der Waals surface area contributed by atoms with E-state index < -0.39 is 71.2 Å². The number of benzene rings is 3. The van der Waals surface area contributed by atoms with Crippen molar-refractivity contribution in [2.24, 2.45) is 0 Å². The predicted molar refractivity (Wildman–Crippen MR) is 176 cm³/mol. The summed E-state index contributed by atoms with van der Waals surface area (Å²) in [5.74, 6) is -1.87. The number of aliphatic carboxylic acids is 1. The molecule has 0 fully saturated rings. The van der Waals surface area contributed by atoms with Gasteiger partial charge in [0.2, 0.25) is 5.95 Å². The molecule has 0 amide bonds. The fraction of sp³-hybridized carbons (Fsp3) is 0.361. The number of carbonyl (C=O) groups is 1. The standard InChI is InChI=1S/C36H34F9N3O6/c1-33(2,51)22-7-8-29(52-3)27(14-22)26-15-28(36(43,44)45)30(53-4)12-21(26)19-48(32-46-16-25(17-47-32)54-9-5-6-31(49)50)18-20-10-23(34(37,38)39)13-24(11-20)35(40,41)42/h7-8,10-17,51H,5-6,9,18-19H2,1-4H3,(H,49,50). The number of alkyl halides is 9. The van der Waals surface area contributed by atoms with Crippen LogP contribution in [0, 0.1) is 0 Å². The molecule has 54 heavy (non-hydrogen) atoms. The minimum absolute atomic E-state index is 0.0201. The Kier molecular flexibility index (Phi) is 12.3. The normalized spacial score (nSPS) is 12.4. The summed E-state index contributed by atoms with van der Waals surface area (Å²) in [6.07, 6.45) is -13.1. The smallest absolute Gasteiger partial charge is 0.419 e. The van der Waals surface area contributed by atoms with Crippen LogP contribution in [-0.4, -0.2) is 47.0 Å². The van der Waals surface area contributed by atoms with Crippen LogP contribution in [0.4, 0.5) is 45.5 Å². The number of carboxylic acid groups (broad SMARTS) is 1. The molecule has 0 atom stereocenters. The lowest BCUT2D eigenvalue weighted by atomic mass is 9.90. The zero-order valence-electron chi connectivity index (χ0n) is 29.1. The molecule has 0 saturated carbocycles. The van der Waals surface area contributed by atoms with E-state index in [-0.39, 0.29) is 65.2 Å². The highest BCUT2D eigenvalue weighted by Crippen LogP contribution is 2.44. The van der Waals surface area contributed by atoms with Crippen LogP contribution in [0.15, 0.2) is 60.9 Å². The first-order valence-electron chi connectivity index (χ1n) is 15.9. The van der Waals surface area contributed by atoms with Crippen molar-refractivity contribution in [3.63, 3.8) is 0 Å². The molecule has 18 heteroatoms. The maximum atomic E-state index is 14.4. The molecule has 4 aromatic rings. The van der Waals surface area contributed by atoms with Gasteiger partial charge in [0.1, 0.15) is 11.5 Å². The second kappa shape index (κ2) is 16.0. The number of methoxy groups -OCH3 is 2. The van der Waals surface area contributed by atoms with Gasteiger partial charge in [0, 0.05) is 25.1 Å². The van der Waals surface area contributed by atoms with Crippen LogP contribution in [0.5, 0.6) is 17.2 Å². The molecule has 3 aromatic carbocycles. The third-order valence-electron chi connectivity index (χ3n) is 8.01. The van der Waals surface area contributed by atoms with Crippen molar-refractivity contribution in [3.8, 4) is 28.4 Å². The van der Waals surface area contributed by atoms with Gasteiger partial charge in [-0.3, -0.25) is 4.79 Å². The number of hydrogen-bond donors (Lipinski definition) is 2. The monoisotopic (exact) mass is 775 g/mol. The third kappa shape index (κ3) is 10.4. The summed E-state index contributed by atoms with van der Waals surface area (Å²) in [4.78, 5) is 20.3. The maximum absolute atomic E-state index is 14.4. The molecule has 0 bridgehead atoms. The van der Waals surface area contributed by atoms with Gasteiger partial charge in [0.25, 0.3) is 0 Å². The molecular weight excluding hydrogens is 741 g/mol. The number of hydrogen-bond acceptors (Lipinski definition) is 8. The van der Waals surface area contributed by atoms with E-state index in [1.165, 1.54) is 39.2 Å². The summed E-state index contributed by atoms with van der Waals surface area (Å²) in [7, 11) is 2.24. The highest BCUT2D eigenvalue weighted by atomic mass is 19.4. The van der Waals surface area contributed by atoms with Crippen LogP contribution in [0.2, 0.25) is 0 Å². The van der Waals surface area contributed by atoms with Crippen molar-refractivity contribution in [2.45, 2.75) is 63.9 Å². The van der Waals surface area contributed by atoms with Crippen molar-refractivity contribution in [3.05, 3.63) is 94.3 Å². The first-order chi connectivity index (χ1) is 25.0. The topological polar surface area (TPSA) is 114 Å². The van der Waals surface area contributed by atoms with Crippen molar-refractivity contribution in [2.75, 3.05) is 25.7 Å². The Labute approximate surface area is 302 Å². The minimum Gasteiger partial charge on any atom is -0.496 e. The van der Waals surface area contributed by atoms with Crippen LogP contribution < -0.4 is 19.1 Å². The average Bonchev–Trinajstić information content (AvgIpc) is 3.07. The van der Waals surface area contributed by atoms with Gasteiger partial charge < -0.3 is 29.3 Å². The summed E-state index contributed by atoms with van der Waals surface area (Å²) in [5, 5.41) is 19.6. The highest BCUT2D eigenvalue weighted by Gasteiger charge is 2.38. The zero-order chi connectivity index (χ0) is 40.2. The fourth-order valence-corrected chi connectivity index (χ4v) is 5.39. The van der Waals surface area contributed by atoms with E-state index in [2.05, 4.69) is 9.97 Å². The third-order valence-corrected chi connectivity index (χ3v) is 8.01. The molecular formula is C36H34F9N3O6. The SMILES string of the molecule is COc1ccc(C(C)(C)O)cc1-c1cc(C(F)(F)F)c(OC)cc1CN(Cc1cc(C(F)(F)F)cc(C(F)(F)F)c1)c1ncc(OCCCC(=O)O)cn1. The number of carboxylic acids is 1. The van der Waals surface area contributed by atoms with Crippen molar-refractivity contribution >= 4 is 11.9 Å². The number of halogens is 9. The number of aliphatic hydroxyl groups is 1. The van der Waals surface area contributed by atoms with Crippen LogP contribution in [-0.2, 0) is 42.0 Å². The van der Waals surface area contributed by atoms with Gasteiger partial charge in [-0.2, -0.15) is 39.5 Å². The van der Waals surface area contributed by atoms with E-state index in [1.807, 2.05) is 0 Å². The number of anilines is 1. The van der Waals surface area contributed by atoms with E-state index in [0.29, 0.717) is 12.1 Å². The molecule has 1 heterocycles. The Balaban J connectivity index is 1.94. The van der Waals surface area contributed by atoms with Gasteiger partial charge >= 0.3 is 24.5 Å². The van der Waals surface area contributed by atoms with Crippen LogP contribution in [0.1, 0.15) is 60.1 Å². The Morgan fingerprint density at radius 2 is 1.33 bits per heavy atom. The lowest BCUT2D eigenvalue weighted by molar-refractivity contribution is -0.143. The number of aromatic nitrogens is 2. The molecule has 0 unspecified atom stereocenters. The van der Waals surface area contributed by atoms with Gasteiger partial charge in [-0.05, 0) is 85.0 Å². The Morgan fingerprint density at radius 1 is 0.741 bits per heavy atom. The number of ether oxygens (including phenoxy) is 3. The fourth-order valence-electron chi connectivity index (χ4n) is 5.39. The lowest BCUT2D eigenvalue weighted by Gasteiger charge is -2.27. The Hall–Kier alpha value is -5.26. The van der Waals surface area contributed by atoms with Crippen LogP contribution in [0.25, 0.3) is 11.1 Å². The number of rotatable bonds is 14. The van der Waals surface area contributed by atoms with E-state index in [1.54, 1.807) is 0 Å². The second-order valence-corrected chi connectivity index (χ2v) is 12.5. The molecule has 0 aliphatic heterocycles. The lowest BCUT2D eigenvalue weighted by Crippen LogP contribution is -2.26. The van der Waals surface area contributed by atoms with Gasteiger partial charge in [-0.1, -0.05) is 6.07 Å². The summed E-state index contributed by atoms with van der Waals surface area (Å²) in [6, 6.07) is 7.06. The van der Waals surface area contributed by atoms with Crippen molar-refractivity contribution in [1.82, 2.24) is 9.97 Å². The first kappa shape index (κ1) is 41.5. The molecule has 1 aromatic heterocycles. The van der Waals surface area contributed by atoms with Crippen LogP contribution >= 0.6 is 0 Å². The largest absolute Gasteiger partial charge is 0.496 e. The summed E-state index contributed by atoms with van der Waals surface area (Å²) in [5.41, 5.74) is -6.14. The summed E-state index contributed by atoms with van der Waals surface area (Å²) < 4.78 is 142. The highest BCUT2D eigenvalue weighted by molar-refractivity contribution is 5.77. The van der Waals surface area contributed by atoms with E-state index in [4.69, 9.17) is 19.3 Å². The van der Waals surface area contributed by atoms with Gasteiger partial charge in [-0.15, -0.1) is 0 Å². The molecule has 0 aliphatic carbocycles. The van der Waals surface area contributed by atoms with E-state index >= 15 is 0 Å². The molecule has 2 N–H and O–H groups in total. The molecule has 9 nitrogen and oxygen atoms in total. The van der Waals surface area contributed by atoms with Gasteiger partial charge in [0.05, 0.1) is 55.5 Å². The van der Waals surface area contributed by atoms with Crippen molar-refractivity contribution in [1.29, 1.82) is 0 Å². The second-order valence-electron chi connectivity index (χ2n) is 12.5. The van der Waals surface area contributed by atoms with Gasteiger partial charge in [0.15, 0.2) is 5.75 Å². The molecule has 4 rings (SSSR count). The Bertz CT molecular complexity index is 1910. The Morgan fingerprint density at radius 3 is 1.83 bits per heavy atom. The first-order valence-corrected chi connectivity index (χ1v) is 15.9. The predicted octanol–water partition coefficient (Wildman–Crippen LogP) is 8.90. The quantitative estimate of drug-likeness (QED) is 0.0958. The molecule has 0 saturated heterocycles. The summed E-state index contributed by atoms with van der Waals surface area (Å²) in [6.45, 7) is 1.60. The zero-order valence-corrected chi connectivity index (χ0v) is 29.1. The molecule has 0 radical (unpaired) electrons. The van der Waals surface area contributed by atoms with Crippen LogP contribution in [0.3, 0.4) is 0 Å². The van der Waals surface area contributed by atoms with Gasteiger partial charge in [-0.25, -0.2) is 9.97 Å². The molecule has 292 valence electrons. The average molecular weight is 776 g/mol. The minimum atomic E-state index is -5.17. The van der Waals surface area contributed by atoms with E-state index in [9.17, 15) is 49.4 Å².